The van der Waals surface area contributed by atoms with Gasteiger partial charge in [0, 0.05) is 44.5 Å². The van der Waals surface area contributed by atoms with E-state index in [9.17, 15) is 0 Å². The third-order valence-corrected chi connectivity index (χ3v) is 4.24. The Bertz CT molecular complexity index is 408. The third kappa shape index (κ3) is 3.87. The summed E-state index contributed by atoms with van der Waals surface area (Å²) in [6, 6.07) is 8.55. The number of nitrogen functional groups attached to an aromatic ring is 1. The van der Waals surface area contributed by atoms with Crippen molar-refractivity contribution in [3.8, 4) is 5.75 Å². The van der Waals surface area contributed by atoms with Crippen LogP contribution in [0.3, 0.4) is 0 Å². The monoisotopic (exact) mass is 275 g/mol. The van der Waals surface area contributed by atoms with Gasteiger partial charge in [0.25, 0.3) is 0 Å². The number of rotatable bonds is 6. The molecule has 0 aromatic heterocycles. The van der Waals surface area contributed by atoms with E-state index in [1.807, 2.05) is 24.3 Å². The molecule has 20 heavy (non-hydrogen) atoms. The zero-order valence-corrected chi connectivity index (χ0v) is 12.1. The highest BCUT2D eigenvalue weighted by Gasteiger charge is 2.30. The zero-order valence-electron chi connectivity index (χ0n) is 12.1. The Morgan fingerprint density at radius 1 is 1.05 bits per heavy atom. The fraction of sp³-hybridized carbons (Fsp3) is 0.625. The van der Waals surface area contributed by atoms with Crippen molar-refractivity contribution in [3.05, 3.63) is 24.3 Å². The van der Waals surface area contributed by atoms with Gasteiger partial charge in [-0.15, -0.1) is 0 Å². The molecule has 0 amide bonds. The highest BCUT2D eigenvalue weighted by atomic mass is 16.5. The van der Waals surface area contributed by atoms with Crippen molar-refractivity contribution >= 4 is 5.69 Å². The second kappa shape index (κ2) is 6.46. The number of hydrogen-bond donors (Lipinski definition) is 1. The number of piperazine rings is 1. The maximum Gasteiger partial charge on any atom is 0.119 e. The van der Waals surface area contributed by atoms with Crippen LogP contribution in [0.5, 0.6) is 5.75 Å². The lowest BCUT2D eigenvalue weighted by Gasteiger charge is -2.34. The number of ether oxygens (including phenoxy) is 1. The Morgan fingerprint density at radius 3 is 2.40 bits per heavy atom. The van der Waals surface area contributed by atoms with Gasteiger partial charge in [0.1, 0.15) is 5.75 Å². The van der Waals surface area contributed by atoms with Crippen molar-refractivity contribution < 1.29 is 4.74 Å². The predicted octanol–water partition coefficient (Wildman–Crippen LogP) is 1.82. The molecule has 0 bridgehead atoms. The first-order valence-electron chi connectivity index (χ1n) is 7.76. The maximum absolute atomic E-state index is 5.73. The number of benzene rings is 1. The van der Waals surface area contributed by atoms with Crippen LogP contribution >= 0.6 is 0 Å². The predicted molar refractivity (Wildman–Crippen MR) is 82.0 cm³/mol. The lowest BCUT2D eigenvalue weighted by atomic mass is 10.3. The van der Waals surface area contributed by atoms with Gasteiger partial charge in [-0.25, -0.2) is 0 Å². The van der Waals surface area contributed by atoms with E-state index in [1.165, 1.54) is 39.0 Å². The summed E-state index contributed by atoms with van der Waals surface area (Å²) in [4.78, 5) is 5.21. The molecule has 1 saturated heterocycles. The van der Waals surface area contributed by atoms with E-state index >= 15 is 0 Å². The van der Waals surface area contributed by atoms with Crippen LogP contribution in [-0.2, 0) is 0 Å². The summed E-state index contributed by atoms with van der Waals surface area (Å²) in [6.07, 6.45) is 3.94. The second-order valence-electron chi connectivity index (χ2n) is 5.88. The number of hydrogen-bond acceptors (Lipinski definition) is 4. The lowest BCUT2D eigenvalue weighted by molar-refractivity contribution is 0.121. The molecule has 2 aliphatic rings. The van der Waals surface area contributed by atoms with Crippen molar-refractivity contribution in [1.82, 2.24) is 9.80 Å². The average molecular weight is 275 g/mol. The number of anilines is 1. The molecule has 1 aromatic rings. The number of nitrogens with two attached hydrogens (primary N) is 1. The molecular formula is C16H25N3O. The van der Waals surface area contributed by atoms with E-state index in [-0.39, 0.29) is 0 Å². The second-order valence-corrected chi connectivity index (χ2v) is 5.88. The molecule has 0 atom stereocenters. The van der Waals surface area contributed by atoms with Gasteiger partial charge in [0.05, 0.1) is 6.61 Å². The molecule has 3 rings (SSSR count). The van der Waals surface area contributed by atoms with Crippen molar-refractivity contribution in [2.45, 2.75) is 25.3 Å². The van der Waals surface area contributed by atoms with Crippen LogP contribution in [0, 0.1) is 0 Å². The first-order chi connectivity index (χ1) is 9.81. The Labute approximate surface area is 121 Å². The highest BCUT2D eigenvalue weighted by Crippen LogP contribution is 2.27. The lowest BCUT2D eigenvalue weighted by Crippen LogP contribution is -2.47. The standard InChI is InChI=1S/C16H25N3O/c17-14-2-6-16(7-3-14)20-13-1-8-18-9-11-19(12-10-18)15-4-5-15/h2-3,6-7,15H,1,4-5,8-13,17H2. The summed E-state index contributed by atoms with van der Waals surface area (Å²) < 4.78 is 5.73. The molecule has 0 unspecified atom stereocenters. The van der Waals surface area contributed by atoms with Crippen LogP contribution in [-0.4, -0.2) is 55.2 Å². The van der Waals surface area contributed by atoms with Gasteiger partial charge in [-0.1, -0.05) is 0 Å². The van der Waals surface area contributed by atoms with E-state index in [2.05, 4.69) is 9.80 Å². The minimum absolute atomic E-state index is 0.783. The normalized spacial score (nSPS) is 21.0. The molecule has 110 valence electrons. The van der Waals surface area contributed by atoms with Crippen molar-refractivity contribution in [2.24, 2.45) is 0 Å². The summed E-state index contributed by atoms with van der Waals surface area (Å²) in [5.74, 6) is 0.915. The van der Waals surface area contributed by atoms with Gasteiger partial charge in [-0.2, -0.15) is 0 Å². The van der Waals surface area contributed by atoms with Crippen LogP contribution in [0.1, 0.15) is 19.3 Å². The fourth-order valence-electron chi connectivity index (χ4n) is 2.83. The van der Waals surface area contributed by atoms with E-state index in [4.69, 9.17) is 10.5 Å². The summed E-state index contributed by atoms with van der Waals surface area (Å²) >= 11 is 0. The van der Waals surface area contributed by atoms with Crippen molar-refractivity contribution in [1.29, 1.82) is 0 Å². The molecule has 2 fully saturated rings. The van der Waals surface area contributed by atoms with E-state index in [0.717, 1.165) is 37.1 Å². The van der Waals surface area contributed by atoms with Gasteiger partial charge in [-0.05, 0) is 43.5 Å². The van der Waals surface area contributed by atoms with Crippen molar-refractivity contribution in [3.63, 3.8) is 0 Å². The van der Waals surface area contributed by atoms with Gasteiger partial charge in [-0.3, -0.25) is 4.90 Å². The largest absolute Gasteiger partial charge is 0.494 e. The molecule has 1 saturated carbocycles. The van der Waals surface area contributed by atoms with E-state index in [1.54, 1.807) is 0 Å². The summed E-state index contributed by atoms with van der Waals surface area (Å²) in [5.41, 5.74) is 6.43. The summed E-state index contributed by atoms with van der Waals surface area (Å²) in [6.45, 7) is 6.88. The fourth-order valence-corrected chi connectivity index (χ4v) is 2.83. The molecule has 1 aromatic carbocycles. The minimum atomic E-state index is 0.783. The third-order valence-electron chi connectivity index (χ3n) is 4.24. The van der Waals surface area contributed by atoms with Gasteiger partial charge in [0.2, 0.25) is 0 Å². The van der Waals surface area contributed by atoms with Gasteiger partial charge in [0.15, 0.2) is 0 Å². The topological polar surface area (TPSA) is 41.7 Å². The molecule has 4 nitrogen and oxygen atoms in total. The molecule has 2 N–H and O–H groups in total. The minimum Gasteiger partial charge on any atom is -0.494 e. The molecule has 1 aliphatic heterocycles. The van der Waals surface area contributed by atoms with Crippen LogP contribution in [0.15, 0.2) is 24.3 Å². The molecular weight excluding hydrogens is 250 g/mol. The quantitative estimate of drug-likeness (QED) is 0.635. The molecule has 1 aliphatic carbocycles. The summed E-state index contributed by atoms with van der Waals surface area (Å²) in [7, 11) is 0. The maximum atomic E-state index is 5.73. The first kappa shape index (κ1) is 13.7. The Morgan fingerprint density at radius 2 is 1.75 bits per heavy atom. The summed E-state index contributed by atoms with van der Waals surface area (Å²) in [5, 5.41) is 0. The van der Waals surface area contributed by atoms with Gasteiger partial charge >= 0.3 is 0 Å². The SMILES string of the molecule is Nc1ccc(OCCCN2CCN(C3CC3)CC2)cc1. The average Bonchev–Trinajstić information content (AvgIpc) is 3.31. The van der Waals surface area contributed by atoms with Crippen molar-refractivity contribution in [2.75, 3.05) is 45.1 Å². The molecule has 4 heteroatoms. The van der Waals surface area contributed by atoms with Crippen LogP contribution < -0.4 is 10.5 Å². The van der Waals surface area contributed by atoms with E-state index < -0.39 is 0 Å². The Kier molecular flexibility index (Phi) is 4.43. The Hall–Kier alpha value is -1.26. The van der Waals surface area contributed by atoms with Crippen LogP contribution in [0.25, 0.3) is 0 Å². The van der Waals surface area contributed by atoms with Gasteiger partial charge < -0.3 is 15.4 Å². The van der Waals surface area contributed by atoms with Crippen LogP contribution in [0.2, 0.25) is 0 Å². The zero-order chi connectivity index (χ0) is 13.8. The molecule has 0 radical (unpaired) electrons. The Balaban J connectivity index is 1.29. The smallest absolute Gasteiger partial charge is 0.119 e. The van der Waals surface area contributed by atoms with E-state index in [0.29, 0.717) is 0 Å². The molecule has 1 heterocycles. The number of nitrogens with zero attached hydrogens (tertiary/aromatic N) is 2. The van der Waals surface area contributed by atoms with Crippen LogP contribution in [0.4, 0.5) is 5.69 Å². The highest BCUT2D eigenvalue weighted by molar-refractivity contribution is 5.41. The molecule has 0 spiro atoms. The first-order valence-corrected chi connectivity index (χ1v) is 7.76.